The molecule has 2 aromatic heterocycles. The van der Waals surface area contributed by atoms with Crippen molar-refractivity contribution in [2.24, 2.45) is 7.05 Å². The van der Waals surface area contributed by atoms with Crippen LogP contribution in [0, 0.1) is 0 Å². The summed E-state index contributed by atoms with van der Waals surface area (Å²) in [5.74, 6) is 0.341. The first-order valence-corrected chi connectivity index (χ1v) is 11.3. The SMILES string of the molecule is CCCc1nn(C)c2c(NCc3ccc(Cl)c(Cl)c3)nc(-c3ccc(CC(=O)O)cc3)nc12. The molecule has 170 valence electrons. The first-order chi connectivity index (χ1) is 15.9. The smallest absolute Gasteiger partial charge is 0.307 e. The molecule has 0 atom stereocenters. The van der Waals surface area contributed by atoms with Gasteiger partial charge in [0.2, 0.25) is 0 Å². The zero-order valence-electron chi connectivity index (χ0n) is 18.3. The maximum atomic E-state index is 11.0. The summed E-state index contributed by atoms with van der Waals surface area (Å²) in [6.45, 7) is 2.60. The first-order valence-electron chi connectivity index (χ1n) is 10.6. The molecule has 0 aliphatic heterocycles. The zero-order chi connectivity index (χ0) is 23.5. The molecule has 2 aromatic carbocycles. The summed E-state index contributed by atoms with van der Waals surface area (Å²) in [7, 11) is 1.88. The summed E-state index contributed by atoms with van der Waals surface area (Å²) in [5.41, 5.74) is 5.03. The van der Waals surface area contributed by atoms with E-state index in [0.29, 0.717) is 28.2 Å². The van der Waals surface area contributed by atoms with Crippen LogP contribution in [0.25, 0.3) is 22.4 Å². The van der Waals surface area contributed by atoms with Gasteiger partial charge >= 0.3 is 5.97 Å². The van der Waals surface area contributed by atoms with Gasteiger partial charge in [-0.25, -0.2) is 9.97 Å². The third-order valence-electron chi connectivity index (χ3n) is 5.25. The van der Waals surface area contributed by atoms with Crippen molar-refractivity contribution in [3.63, 3.8) is 0 Å². The average Bonchev–Trinajstić information content (AvgIpc) is 3.10. The Bertz CT molecular complexity index is 1320. The fourth-order valence-electron chi connectivity index (χ4n) is 3.68. The number of halogens is 2. The van der Waals surface area contributed by atoms with Gasteiger partial charge in [-0.15, -0.1) is 0 Å². The van der Waals surface area contributed by atoms with Gasteiger partial charge in [0, 0.05) is 19.2 Å². The van der Waals surface area contributed by atoms with Crippen LogP contribution < -0.4 is 5.32 Å². The van der Waals surface area contributed by atoms with Crippen molar-refractivity contribution in [2.45, 2.75) is 32.7 Å². The molecule has 0 bridgehead atoms. The summed E-state index contributed by atoms with van der Waals surface area (Å²) in [4.78, 5) is 20.6. The average molecular weight is 484 g/mol. The number of carbonyl (C=O) groups is 1. The van der Waals surface area contributed by atoms with E-state index in [9.17, 15) is 4.79 Å². The molecule has 4 aromatic rings. The maximum absolute atomic E-state index is 11.0. The van der Waals surface area contributed by atoms with E-state index in [1.54, 1.807) is 22.9 Å². The van der Waals surface area contributed by atoms with Gasteiger partial charge < -0.3 is 10.4 Å². The van der Waals surface area contributed by atoms with Gasteiger partial charge in [-0.05, 0) is 29.7 Å². The molecule has 0 saturated carbocycles. The van der Waals surface area contributed by atoms with Crippen LogP contribution in [-0.2, 0) is 31.2 Å². The number of fused-ring (bicyclic) bond motifs is 1. The molecule has 2 heterocycles. The number of rotatable bonds is 8. The summed E-state index contributed by atoms with van der Waals surface area (Å²) in [5, 5.41) is 18.1. The quantitative estimate of drug-likeness (QED) is 0.342. The summed E-state index contributed by atoms with van der Waals surface area (Å²) >= 11 is 12.2. The summed E-state index contributed by atoms with van der Waals surface area (Å²) in [6.07, 6.45) is 1.72. The zero-order valence-corrected chi connectivity index (χ0v) is 19.8. The van der Waals surface area contributed by atoms with E-state index in [2.05, 4.69) is 17.3 Å². The Balaban J connectivity index is 1.75. The molecule has 33 heavy (non-hydrogen) atoms. The van der Waals surface area contributed by atoms with Crippen LogP contribution in [0.15, 0.2) is 42.5 Å². The lowest BCUT2D eigenvalue weighted by molar-refractivity contribution is -0.136. The second-order valence-corrected chi connectivity index (χ2v) is 8.60. The number of nitrogens with zero attached hydrogens (tertiary/aromatic N) is 4. The van der Waals surface area contributed by atoms with Crippen LogP contribution in [0.3, 0.4) is 0 Å². The van der Waals surface area contributed by atoms with Crippen molar-refractivity contribution in [3.05, 3.63) is 69.3 Å². The number of carboxylic acids is 1. The van der Waals surface area contributed by atoms with E-state index in [-0.39, 0.29) is 6.42 Å². The van der Waals surface area contributed by atoms with E-state index >= 15 is 0 Å². The van der Waals surface area contributed by atoms with Crippen LogP contribution in [0.2, 0.25) is 10.0 Å². The Labute approximate surface area is 201 Å². The predicted molar refractivity (Wildman–Crippen MR) is 131 cm³/mol. The molecule has 7 nitrogen and oxygen atoms in total. The number of anilines is 1. The monoisotopic (exact) mass is 483 g/mol. The summed E-state index contributed by atoms with van der Waals surface area (Å²) < 4.78 is 1.80. The minimum Gasteiger partial charge on any atom is -0.481 e. The Morgan fingerprint density at radius 3 is 2.45 bits per heavy atom. The van der Waals surface area contributed by atoms with Crippen LogP contribution in [0.5, 0.6) is 0 Å². The molecular formula is C24H23Cl2N5O2. The molecule has 2 N–H and O–H groups in total. The van der Waals surface area contributed by atoms with Crippen molar-refractivity contribution >= 4 is 46.0 Å². The first kappa shape index (κ1) is 23.0. The molecule has 0 amide bonds. The van der Waals surface area contributed by atoms with Crippen LogP contribution >= 0.6 is 23.2 Å². The summed E-state index contributed by atoms with van der Waals surface area (Å²) in [6, 6.07) is 12.8. The number of nitrogens with one attached hydrogen (secondary N) is 1. The maximum Gasteiger partial charge on any atom is 0.307 e. The number of aliphatic carboxylic acids is 1. The molecule has 0 spiro atoms. The minimum absolute atomic E-state index is 0.0279. The number of hydrogen-bond donors (Lipinski definition) is 2. The molecule has 0 unspecified atom stereocenters. The van der Waals surface area contributed by atoms with E-state index in [1.807, 2.05) is 31.3 Å². The number of benzene rings is 2. The Morgan fingerprint density at radius 2 is 1.79 bits per heavy atom. The van der Waals surface area contributed by atoms with Crippen molar-refractivity contribution in [1.82, 2.24) is 19.7 Å². The van der Waals surface area contributed by atoms with Gasteiger partial charge in [0.1, 0.15) is 11.0 Å². The second-order valence-electron chi connectivity index (χ2n) is 7.78. The number of aromatic nitrogens is 4. The van der Waals surface area contributed by atoms with Crippen molar-refractivity contribution in [2.75, 3.05) is 5.32 Å². The third kappa shape index (κ3) is 5.10. The van der Waals surface area contributed by atoms with E-state index in [0.717, 1.165) is 46.3 Å². The highest BCUT2D eigenvalue weighted by Gasteiger charge is 2.18. The lowest BCUT2D eigenvalue weighted by atomic mass is 10.1. The van der Waals surface area contributed by atoms with Crippen LogP contribution in [0.4, 0.5) is 5.82 Å². The fourth-order valence-corrected chi connectivity index (χ4v) is 4.00. The number of carboxylic acid groups (broad SMARTS) is 1. The van der Waals surface area contributed by atoms with Crippen molar-refractivity contribution < 1.29 is 9.90 Å². The van der Waals surface area contributed by atoms with Gasteiger partial charge in [0.05, 0.1) is 22.2 Å². The minimum atomic E-state index is -0.867. The highest BCUT2D eigenvalue weighted by atomic mass is 35.5. The van der Waals surface area contributed by atoms with E-state index < -0.39 is 5.97 Å². The molecule has 0 aliphatic carbocycles. The topological polar surface area (TPSA) is 92.9 Å². The fraction of sp³-hybridized carbons (Fsp3) is 0.250. The lowest BCUT2D eigenvalue weighted by Gasteiger charge is -2.11. The molecule has 9 heteroatoms. The molecule has 0 radical (unpaired) electrons. The molecule has 0 fully saturated rings. The largest absolute Gasteiger partial charge is 0.481 e. The molecule has 4 rings (SSSR count). The lowest BCUT2D eigenvalue weighted by Crippen LogP contribution is -2.06. The Kier molecular flexibility index (Phi) is 6.81. The van der Waals surface area contributed by atoms with Gasteiger partial charge in [-0.3, -0.25) is 9.48 Å². The van der Waals surface area contributed by atoms with Gasteiger partial charge in [0.25, 0.3) is 0 Å². The Hall–Kier alpha value is -3.16. The highest BCUT2D eigenvalue weighted by Crippen LogP contribution is 2.29. The standard InChI is InChI=1S/C24H23Cl2N5O2/c1-3-4-19-21-22(31(2)30-19)24(27-13-15-7-10-17(25)18(26)11-15)29-23(28-21)16-8-5-14(6-9-16)12-20(32)33/h5-11H,3-4,12-13H2,1-2H3,(H,32,33)(H,27,28,29). The normalized spacial score (nSPS) is 11.2. The van der Waals surface area contributed by atoms with E-state index in [1.165, 1.54) is 0 Å². The predicted octanol–water partition coefficient (Wildman–Crippen LogP) is 5.53. The second kappa shape index (κ2) is 9.77. The molecule has 0 aliphatic rings. The van der Waals surface area contributed by atoms with Gasteiger partial charge in [-0.1, -0.05) is 66.9 Å². The Morgan fingerprint density at radius 1 is 1.06 bits per heavy atom. The third-order valence-corrected chi connectivity index (χ3v) is 5.99. The van der Waals surface area contributed by atoms with Crippen LogP contribution in [0.1, 0.15) is 30.2 Å². The number of hydrogen-bond acceptors (Lipinski definition) is 5. The highest BCUT2D eigenvalue weighted by molar-refractivity contribution is 6.42. The van der Waals surface area contributed by atoms with Crippen molar-refractivity contribution in [1.29, 1.82) is 0 Å². The van der Waals surface area contributed by atoms with Gasteiger partial charge in [-0.2, -0.15) is 5.10 Å². The molecular weight excluding hydrogens is 461 g/mol. The van der Waals surface area contributed by atoms with Crippen molar-refractivity contribution in [3.8, 4) is 11.4 Å². The van der Waals surface area contributed by atoms with Gasteiger partial charge in [0.15, 0.2) is 11.6 Å². The van der Waals surface area contributed by atoms with Crippen LogP contribution in [-0.4, -0.2) is 30.8 Å². The van der Waals surface area contributed by atoms with E-state index in [4.69, 9.17) is 38.3 Å². The molecule has 0 saturated heterocycles. The number of aryl methyl sites for hydroxylation is 2.